The maximum atomic E-state index is 6.51. The third-order valence-electron chi connectivity index (χ3n) is 17.8. The third kappa shape index (κ3) is 12.7. The van der Waals surface area contributed by atoms with Gasteiger partial charge in [-0.05, 0) is 164 Å². The van der Waals surface area contributed by atoms with Crippen molar-refractivity contribution in [2.45, 2.75) is 212 Å². The Bertz CT molecular complexity index is 880. The maximum absolute atomic E-state index is 6.51. The molecule has 2 N–H and O–H groups in total. The van der Waals surface area contributed by atoms with E-state index in [9.17, 15) is 0 Å². The van der Waals surface area contributed by atoms with Gasteiger partial charge in [-0.3, -0.25) is 0 Å². The molecule has 0 spiro atoms. The molecule has 6 saturated carbocycles. The zero-order chi connectivity index (χ0) is 38.0. The van der Waals surface area contributed by atoms with E-state index in [4.69, 9.17) is 5.73 Å². The Morgan fingerprint density at radius 1 is 0.529 bits per heavy atom. The van der Waals surface area contributed by atoms with Crippen LogP contribution in [-0.4, -0.2) is 6.04 Å². The molecule has 6 rings (SSSR count). The highest BCUT2D eigenvalue weighted by Gasteiger charge is 2.42. The molecule has 0 heterocycles. The van der Waals surface area contributed by atoms with E-state index in [0.717, 1.165) is 107 Å². The lowest BCUT2D eigenvalue weighted by Crippen LogP contribution is -2.47. The molecule has 302 valence electrons. The van der Waals surface area contributed by atoms with Gasteiger partial charge in [0.25, 0.3) is 0 Å². The van der Waals surface area contributed by atoms with Crippen molar-refractivity contribution in [2.75, 3.05) is 0 Å². The summed E-state index contributed by atoms with van der Waals surface area (Å²) < 4.78 is 0. The predicted molar refractivity (Wildman–Crippen MR) is 229 cm³/mol. The lowest BCUT2D eigenvalue weighted by Gasteiger charge is -2.46. The first kappa shape index (κ1) is 45.4. The molecule has 0 aliphatic heterocycles. The van der Waals surface area contributed by atoms with E-state index in [1.165, 1.54) is 70.6 Å². The Kier molecular flexibility index (Phi) is 19.5. The van der Waals surface area contributed by atoms with E-state index in [2.05, 4.69) is 96.9 Å². The van der Waals surface area contributed by atoms with Crippen molar-refractivity contribution in [3.63, 3.8) is 0 Å². The summed E-state index contributed by atoms with van der Waals surface area (Å²) in [7, 11) is 0. The van der Waals surface area contributed by atoms with Crippen LogP contribution < -0.4 is 5.73 Å². The van der Waals surface area contributed by atoms with E-state index < -0.39 is 0 Å². The highest BCUT2D eigenvalue weighted by molar-refractivity contribution is 4.93. The van der Waals surface area contributed by atoms with Crippen molar-refractivity contribution < 1.29 is 0 Å². The molecule has 0 aromatic carbocycles. The second kappa shape index (κ2) is 21.9. The molecule has 13 atom stereocenters. The van der Waals surface area contributed by atoms with E-state index in [1.54, 1.807) is 38.5 Å². The fourth-order valence-corrected chi connectivity index (χ4v) is 12.9. The second-order valence-corrected chi connectivity index (χ2v) is 21.4. The first-order chi connectivity index (χ1) is 24.1. The minimum absolute atomic E-state index is 0.429. The van der Waals surface area contributed by atoms with Gasteiger partial charge in [-0.25, -0.2) is 0 Å². The fourth-order valence-electron chi connectivity index (χ4n) is 12.9. The zero-order valence-electron chi connectivity index (χ0n) is 37.6. The van der Waals surface area contributed by atoms with Crippen molar-refractivity contribution in [1.82, 2.24) is 0 Å². The number of hydrogen-bond donors (Lipinski definition) is 1. The molecule has 0 aromatic rings. The van der Waals surface area contributed by atoms with Gasteiger partial charge in [-0.1, -0.05) is 148 Å². The Labute approximate surface area is 323 Å². The molecule has 0 amide bonds. The van der Waals surface area contributed by atoms with Crippen molar-refractivity contribution in [3.05, 3.63) is 0 Å². The number of fused-ring (bicyclic) bond motifs is 1. The van der Waals surface area contributed by atoms with Crippen LogP contribution >= 0.6 is 0 Å². The van der Waals surface area contributed by atoms with Crippen LogP contribution in [0.25, 0.3) is 0 Å². The van der Waals surface area contributed by atoms with E-state index in [-0.39, 0.29) is 0 Å². The predicted octanol–water partition coefficient (Wildman–Crippen LogP) is 15.4. The van der Waals surface area contributed by atoms with Crippen LogP contribution in [0.3, 0.4) is 0 Å². The lowest BCUT2D eigenvalue weighted by atomic mass is 9.60. The highest BCUT2D eigenvalue weighted by atomic mass is 14.7. The first-order valence-electron chi connectivity index (χ1n) is 23.9. The van der Waals surface area contributed by atoms with Crippen molar-refractivity contribution in [3.8, 4) is 0 Å². The van der Waals surface area contributed by atoms with Gasteiger partial charge in [0.05, 0.1) is 0 Å². The number of hydrogen-bond acceptors (Lipinski definition) is 1. The Morgan fingerprint density at radius 2 is 1.06 bits per heavy atom. The van der Waals surface area contributed by atoms with Crippen LogP contribution in [0.2, 0.25) is 0 Å². The molecule has 0 radical (unpaired) electrons. The molecular weight excluding hydrogens is 615 g/mol. The highest BCUT2D eigenvalue weighted by Crippen LogP contribution is 2.52. The van der Waals surface area contributed by atoms with Gasteiger partial charge < -0.3 is 5.73 Å². The molecule has 0 bridgehead atoms. The minimum Gasteiger partial charge on any atom is -0.327 e. The molecule has 1 nitrogen and oxygen atoms in total. The summed E-state index contributed by atoms with van der Waals surface area (Å²) in [5.41, 5.74) is 6.51. The van der Waals surface area contributed by atoms with Gasteiger partial charge in [0.1, 0.15) is 0 Å². The van der Waals surface area contributed by atoms with Gasteiger partial charge in [-0.15, -0.1) is 0 Å². The maximum Gasteiger partial charge on any atom is 0.00751 e. The average Bonchev–Trinajstić information content (AvgIpc) is 3.75. The lowest BCUT2D eigenvalue weighted by molar-refractivity contribution is 0.0302. The quantitative estimate of drug-likeness (QED) is 0.279. The summed E-state index contributed by atoms with van der Waals surface area (Å²) >= 11 is 0. The molecule has 13 unspecified atom stereocenters. The second-order valence-electron chi connectivity index (χ2n) is 21.4. The van der Waals surface area contributed by atoms with Crippen molar-refractivity contribution in [1.29, 1.82) is 0 Å². The average molecular weight is 712 g/mol. The Balaban J connectivity index is 0.000000191. The first-order valence-corrected chi connectivity index (χ1v) is 23.9. The third-order valence-corrected chi connectivity index (χ3v) is 17.8. The molecule has 0 aromatic heterocycles. The molecular formula is C50H97N. The monoisotopic (exact) mass is 712 g/mol. The summed E-state index contributed by atoms with van der Waals surface area (Å²) in [5.74, 6) is 17.4. The normalized spacial score (nSPS) is 44.2. The molecule has 6 fully saturated rings. The van der Waals surface area contributed by atoms with Gasteiger partial charge in [0.15, 0.2) is 0 Å². The largest absolute Gasteiger partial charge is 0.327 e. The molecule has 1 heteroatoms. The molecule has 6 aliphatic carbocycles. The summed E-state index contributed by atoms with van der Waals surface area (Å²) in [6.45, 7) is 33.3. The van der Waals surface area contributed by atoms with Crippen molar-refractivity contribution >= 4 is 0 Å². The van der Waals surface area contributed by atoms with Crippen LogP contribution in [0.1, 0.15) is 206 Å². The Hall–Kier alpha value is -0.0400. The van der Waals surface area contributed by atoms with Crippen LogP contribution in [0, 0.1) is 107 Å². The number of rotatable bonds is 7. The van der Waals surface area contributed by atoms with Gasteiger partial charge in [0.2, 0.25) is 0 Å². The summed E-state index contributed by atoms with van der Waals surface area (Å²) in [4.78, 5) is 0. The van der Waals surface area contributed by atoms with Crippen molar-refractivity contribution in [2.24, 2.45) is 112 Å². The van der Waals surface area contributed by atoms with E-state index in [1.807, 2.05) is 0 Å². The summed E-state index contributed by atoms with van der Waals surface area (Å²) in [6, 6.07) is 0.429. The zero-order valence-corrected chi connectivity index (χ0v) is 37.6. The van der Waals surface area contributed by atoms with Crippen LogP contribution in [-0.2, 0) is 0 Å². The SMILES string of the molecule is CC1C(C)C(C)C1C.CC1CCC(C2CCC3C(C)CCC3C2)C1.CCC(C)C1C(N)CC(C(C)C)CC1C(C)C.CCC1CCCC(CC)C1. The topological polar surface area (TPSA) is 26.0 Å². The van der Waals surface area contributed by atoms with Crippen LogP contribution in [0.15, 0.2) is 0 Å². The van der Waals surface area contributed by atoms with Crippen LogP contribution in [0.5, 0.6) is 0 Å². The molecule has 0 saturated heterocycles. The molecule has 51 heavy (non-hydrogen) atoms. The van der Waals surface area contributed by atoms with Gasteiger partial charge in [0, 0.05) is 6.04 Å². The molecule has 6 aliphatic rings. The fraction of sp³-hybridized carbons (Fsp3) is 1.00. The van der Waals surface area contributed by atoms with Crippen LogP contribution in [0.4, 0.5) is 0 Å². The smallest absolute Gasteiger partial charge is 0.00751 e. The van der Waals surface area contributed by atoms with Gasteiger partial charge in [-0.2, -0.15) is 0 Å². The minimum atomic E-state index is 0.429. The summed E-state index contributed by atoms with van der Waals surface area (Å²) in [6.07, 6.45) is 25.2. The van der Waals surface area contributed by atoms with Gasteiger partial charge >= 0.3 is 0 Å². The standard InChI is InChI=1S/C16H33N.C16H28.C10H20.C8H16/c1-7-12(6)16-14(11(4)5)8-13(10(2)3)9-15(16)17;1-11-3-5-13(9-11)14-7-8-16-12(2)4-6-15(16)10-14;1-3-9-6-5-7-10(4-2)8-9;1-5-6(2)8(4)7(5)3/h10-16H,7-9,17H2,1-6H3;11-16H,3-10H2,1-2H3;9-10H,3-8H2,1-2H3;5-8H,1-4H3. The van der Waals surface area contributed by atoms with E-state index in [0.29, 0.717) is 6.04 Å². The summed E-state index contributed by atoms with van der Waals surface area (Å²) in [5, 5.41) is 0. The number of nitrogens with two attached hydrogens (primary N) is 1. The van der Waals surface area contributed by atoms with E-state index >= 15 is 0 Å². The Morgan fingerprint density at radius 3 is 1.53 bits per heavy atom.